The van der Waals surface area contributed by atoms with Crippen molar-refractivity contribution in [2.24, 2.45) is 0 Å². The second-order valence-corrected chi connectivity index (χ2v) is 34.5. The lowest BCUT2D eigenvalue weighted by molar-refractivity contribution is 0.407. The number of hydrogen-bond donors (Lipinski definition) is 0. The molecule has 0 bridgehead atoms. The maximum absolute atomic E-state index is 12.7. The highest BCUT2D eigenvalue weighted by Gasteiger charge is 2.12. The highest BCUT2D eigenvalue weighted by Crippen LogP contribution is 2.31. The molecule has 0 fully saturated rings. The number of methoxy groups -OCH3 is 1. The fourth-order valence-electron chi connectivity index (χ4n) is 11.1. The Balaban J connectivity index is 0.000000456. The number of hydrogen-bond acceptors (Lipinski definition) is 1. The Hall–Kier alpha value is -5.30. The number of rotatable bonds is 14. The van der Waals surface area contributed by atoms with Crippen molar-refractivity contribution in [3.63, 3.8) is 0 Å². The molecule has 0 aliphatic rings. The molecule has 0 aromatic heterocycles. The van der Waals surface area contributed by atoms with E-state index < -0.39 is 0 Å². The van der Waals surface area contributed by atoms with E-state index in [0.717, 1.165) is 47.9 Å². The Morgan fingerprint density at radius 2 is 0.667 bits per heavy atom. The van der Waals surface area contributed by atoms with Crippen molar-refractivity contribution >= 4 is 191 Å². The van der Waals surface area contributed by atoms with Gasteiger partial charge in [0.15, 0.2) is 0 Å². The van der Waals surface area contributed by atoms with Crippen LogP contribution in [0.25, 0.3) is 11.1 Å². The first-order valence-corrected chi connectivity index (χ1v) is 49.3. The molecule has 658 valence electrons. The van der Waals surface area contributed by atoms with Crippen molar-refractivity contribution in [1.29, 1.82) is 0 Å². The number of aryl methyl sites for hydroxylation is 8. The standard InChI is InChI=1S/C13H11Br.C12H17Cl.C11H15ClO.C9H11Cl.C8H9Br.4C8H9Cl.C7H6Br2.C7H5Cl2F.C7H6Cl2/c14-10-12-8-4-5-9-13(12)11-6-2-1-3-7-11;1-7-8(2)10(4)12(6-13)11(5)9(7)3;1-7-5-10(6-12)9(3)11(13-4)8(7)2;1-7-3-4-9(6-10)5-8(7)2;4*1-7-2-4-8(6-9)5-3-7;1-7-3-2-4-8(5-7)6-9;8-5-6-1-3-7(9)4-2-6;8-4-5-6(9)2-1-3-7(5)10;8-5-6-2-1-3-7(9)4-6/h1-9H,10H2;6H2,1-5H3;5H,6H2,1-4H3;3-5H,6H2,1-2H3;5*2-5H,6H2,1H3;1-4H,5H2;1-3H,4H2;1-4H,5H2. The predicted molar refractivity (Wildman–Crippen MR) is 562 cm³/mol. The van der Waals surface area contributed by atoms with Gasteiger partial charge in [0, 0.05) is 83.1 Å². The van der Waals surface area contributed by atoms with E-state index in [1.807, 2.05) is 97.9 Å². The fourth-order valence-corrected chi connectivity index (χ4v) is 15.1. The molecular weight excluding hydrogens is 2020 g/mol. The third-order valence-corrected chi connectivity index (χ3v) is 25.1. The van der Waals surface area contributed by atoms with Crippen LogP contribution < -0.4 is 4.74 Å². The zero-order valence-corrected chi connectivity index (χ0v) is 88.0. The van der Waals surface area contributed by atoms with Gasteiger partial charge in [-0.05, 0) is 268 Å². The smallest absolute Gasteiger partial charge is 0.129 e. The Morgan fingerprint density at radius 1 is 0.276 bits per heavy atom. The quantitative estimate of drug-likeness (QED) is 0.0986. The van der Waals surface area contributed by atoms with Crippen LogP contribution in [-0.2, 0) is 68.9 Å². The summed E-state index contributed by atoms with van der Waals surface area (Å²) in [6, 6.07) is 89.0. The van der Waals surface area contributed by atoms with E-state index in [1.165, 1.54) is 145 Å². The highest BCUT2D eigenvalue weighted by atomic mass is 79.9. The molecule has 0 radical (unpaired) electrons. The Morgan fingerprint density at radius 3 is 1.03 bits per heavy atom. The van der Waals surface area contributed by atoms with Gasteiger partial charge in [0.05, 0.1) is 13.0 Å². The second kappa shape index (κ2) is 66.1. The molecule has 0 saturated carbocycles. The molecule has 0 unspecified atom stereocenters. The Kier molecular flexibility index (Phi) is 61.2. The van der Waals surface area contributed by atoms with E-state index in [0.29, 0.717) is 57.6 Å². The molecule has 17 heteroatoms. The summed E-state index contributed by atoms with van der Waals surface area (Å²) >= 11 is 75.6. The maximum Gasteiger partial charge on any atom is 0.129 e. The van der Waals surface area contributed by atoms with Gasteiger partial charge in [0.1, 0.15) is 11.6 Å². The van der Waals surface area contributed by atoms with Crippen LogP contribution in [0.3, 0.4) is 0 Å². The van der Waals surface area contributed by atoms with Crippen LogP contribution in [0, 0.1) is 110 Å². The van der Waals surface area contributed by atoms with Crippen LogP contribution in [-0.4, -0.2) is 7.11 Å². The molecule has 13 aromatic rings. The third-order valence-electron chi connectivity index (χ3n) is 19.4. The van der Waals surface area contributed by atoms with E-state index in [4.69, 9.17) is 132 Å². The van der Waals surface area contributed by atoms with E-state index in [2.05, 4.69) is 318 Å². The van der Waals surface area contributed by atoms with E-state index in [-0.39, 0.29) is 11.7 Å². The largest absolute Gasteiger partial charge is 0.496 e. The third kappa shape index (κ3) is 45.0. The average Bonchev–Trinajstić information content (AvgIpc) is 0.813. The molecule has 1 nitrogen and oxygen atoms in total. The minimum atomic E-state index is -0.345. The van der Waals surface area contributed by atoms with Crippen molar-refractivity contribution in [2.75, 3.05) is 7.11 Å². The lowest BCUT2D eigenvalue weighted by atomic mass is 9.90. The number of ether oxygens (including phenoxy) is 1. The van der Waals surface area contributed by atoms with Crippen LogP contribution >= 0.6 is 191 Å². The van der Waals surface area contributed by atoms with Crippen LogP contribution in [0.2, 0.25) is 10.0 Å². The van der Waals surface area contributed by atoms with Gasteiger partial charge in [0.25, 0.3) is 0 Å². The first-order valence-electron chi connectivity index (χ1n) is 39.6. The zero-order valence-electron chi connectivity index (χ0n) is 73.3. The van der Waals surface area contributed by atoms with Gasteiger partial charge in [-0.1, -0.05) is 345 Å². The average molecular weight is 2130 g/mol. The molecule has 0 saturated heterocycles. The van der Waals surface area contributed by atoms with Crippen molar-refractivity contribution in [3.8, 4) is 16.9 Å². The Labute approximate surface area is 825 Å². The summed E-state index contributed by atoms with van der Waals surface area (Å²) in [5, 5.41) is 3.91. The maximum atomic E-state index is 12.7. The van der Waals surface area contributed by atoms with E-state index in [1.54, 1.807) is 19.2 Å². The predicted octanol–water partition coefficient (Wildman–Crippen LogP) is 38.1. The fraction of sp³-hybridized carbons (Fsp3) is 0.264. The van der Waals surface area contributed by atoms with Crippen LogP contribution in [0.5, 0.6) is 5.75 Å². The van der Waals surface area contributed by atoms with Gasteiger partial charge in [-0.2, -0.15) is 0 Å². The molecule has 0 heterocycles. The number of halogens is 16. The second-order valence-electron chi connectivity index (χ2n) is 28.7. The van der Waals surface area contributed by atoms with Crippen molar-refractivity contribution < 1.29 is 9.13 Å². The highest BCUT2D eigenvalue weighted by molar-refractivity contribution is 9.10. The lowest BCUT2D eigenvalue weighted by Crippen LogP contribution is -2.00. The molecule has 13 aromatic carbocycles. The molecule has 123 heavy (non-hydrogen) atoms. The van der Waals surface area contributed by atoms with Crippen LogP contribution in [0.1, 0.15) is 150 Å². The van der Waals surface area contributed by atoms with Gasteiger partial charge >= 0.3 is 0 Å². The van der Waals surface area contributed by atoms with Gasteiger partial charge in [-0.15, -0.1) is 104 Å². The summed E-state index contributed by atoms with van der Waals surface area (Å²) < 4.78 is 19.2. The number of benzene rings is 13. The summed E-state index contributed by atoms with van der Waals surface area (Å²) in [6.07, 6.45) is 0. The van der Waals surface area contributed by atoms with Crippen LogP contribution in [0.15, 0.2) is 271 Å². The summed E-state index contributed by atoms with van der Waals surface area (Å²) in [5.41, 5.74) is 36.0. The minimum absolute atomic E-state index is 0.117. The molecule has 0 aliphatic heterocycles. The van der Waals surface area contributed by atoms with Gasteiger partial charge in [-0.25, -0.2) is 4.39 Å². The SMILES string of the molecule is BrCc1ccc(Br)cc1.BrCc1ccccc1-c1ccccc1.COc1c(C)c(C)cc(CCl)c1C.Cc1c(C)c(C)c(CCl)c(C)c1C.Cc1ccc(CBr)cc1.Cc1ccc(CCl)cc1.Cc1ccc(CCl)cc1.Cc1ccc(CCl)cc1.Cc1ccc(CCl)cc1C.Cc1cccc(CCl)c1.ClCc1cccc(Cl)c1.Fc1cccc(Cl)c1CCl. The normalized spacial score (nSPS) is 9.85. The van der Waals surface area contributed by atoms with Crippen molar-refractivity contribution in [3.05, 3.63) is 437 Å². The molecule has 0 N–H and O–H groups in total. The van der Waals surface area contributed by atoms with Gasteiger partial charge in [0.2, 0.25) is 0 Å². The first-order chi connectivity index (χ1) is 58.8. The Bertz CT molecular complexity index is 4730. The summed E-state index contributed by atoms with van der Waals surface area (Å²) in [5.74, 6) is 5.50. The molecule has 0 amide bonds. The van der Waals surface area contributed by atoms with Crippen LogP contribution in [0.4, 0.5) is 4.39 Å². The van der Waals surface area contributed by atoms with Crippen molar-refractivity contribution in [1.82, 2.24) is 0 Å². The van der Waals surface area contributed by atoms with E-state index in [9.17, 15) is 4.39 Å². The van der Waals surface area contributed by atoms with Gasteiger partial charge in [-0.3, -0.25) is 0 Å². The molecule has 0 spiro atoms. The summed E-state index contributed by atoms with van der Waals surface area (Å²) in [6.45, 7) is 31.6. The molecule has 0 atom stereocenters. The zero-order chi connectivity index (χ0) is 91.9. The first kappa shape index (κ1) is 114. The summed E-state index contributed by atoms with van der Waals surface area (Å²) in [4.78, 5) is 0. The minimum Gasteiger partial charge on any atom is -0.496 e. The molecular formula is C106H116Br4Cl11FO. The van der Waals surface area contributed by atoms with E-state index >= 15 is 0 Å². The monoisotopic (exact) mass is 2120 g/mol. The summed E-state index contributed by atoms with van der Waals surface area (Å²) in [7, 11) is 1.70. The van der Waals surface area contributed by atoms with Gasteiger partial charge < -0.3 is 4.74 Å². The topological polar surface area (TPSA) is 9.23 Å². The lowest BCUT2D eigenvalue weighted by Gasteiger charge is -2.16. The molecule has 13 rings (SSSR count). The number of alkyl halides is 12. The van der Waals surface area contributed by atoms with Crippen molar-refractivity contribution in [2.45, 2.75) is 173 Å². The molecule has 0 aliphatic carbocycles.